The summed E-state index contributed by atoms with van der Waals surface area (Å²) in [6, 6.07) is 6.60. The second-order valence-electron chi connectivity index (χ2n) is 9.83. The number of carbonyl (C=O) groups excluding carboxylic acids is 1. The Hall–Kier alpha value is -2.70. The van der Waals surface area contributed by atoms with Crippen molar-refractivity contribution in [2.24, 2.45) is 5.16 Å². The lowest BCUT2D eigenvalue weighted by atomic mass is 9.83. The van der Waals surface area contributed by atoms with Crippen molar-refractivity contribution < 1.29 is 40.3 Å². The van der Waals surface area contributed by atoms with Crippen LogP contribution in [0.3, 0.4) is 0 Å². The third-order valence-corrected chi connectivity index (χ3v) is 7.90. The van der Waals surface area contributed by atoms with Crippen LogP contribution in [0.25, 0.3) is 0 Å². The zero-order valence-corrected chi connectivity index (χ0v) is 21.2. The summed E-state index contributed by atoms with van der Waals surface area (Å²) in [7, 11) is -3.44. The first-order valence-electron chi connectivity index (χ1n) is 11.2. The third-order valence-electron chi connectivity index (χ3n) is 6.85. The first-order valence-corrected chi connectivity index (χ1v) is 13.6. The highest BCUT2D eigenvalue weighted by atomic mass is 35.5. The van der Waals surface area contributed by atoms with Crippen LogP contribution < -0.4 is 0 Å². The monoisotopic (exact) mass is 560 g/mol. The number of alkyl halides is 3. The molecule has 3 heterocycles. The average Bonchev–Trinajstić information content (AvgIpc) is 3.34. The molecular weight excluding hydrogens is 540 g/mol. The molecule has 3 aliphatic rings. The number of hydrogen-bond donors (Lipinski definition) is 0. The number of ether oxygens (including phenoxy) is 1. The molecule has 1 spiro atoms. The summed E-state index contributed by atoms with van der Waals surface area (Å²) >= 11 is 5.75. The second-order valence-corrected chi connectivity index (χ2v) is 12.4. The maximum absolute atomic E-state index is 14.8. The Labute approximate surface area is 214 Å². The summed E-state index contributed by atoms with van der Waals surface area (Å²) in [4.78, 5) is 19.1. The Bertz CT molecular complexity index is 1450. The van der Waals surface area contributed by atoms with Gasteiger partial charge in [-0.1, -0.05) is 28.9 Å². The molecule has 1 fully saturated rings. The highest BCUT2D eigenvalue weighted by Crippen LogP contribution is 2.45. The van der Waals surface area contributed by atoms with Crippen molar-refractivity contribution in [2.45, 2.75) is 37.3 Å². The maximum Gasteiger partial charge on any atom is 0.416 e. The van der Waals surface area contributed by atoms with E-state index in [0.29, 0.717) is 23.4 Å². The predicted octanol–water partition coefficient (Wildman–Crippen LogP) is 4.15. The molecule has 0 aromatic heterocycles. The van der Waals surface area contributed by atoms with E-state index in [1.165, 1.54) is 11.8 Å². The largest absolute Gasteiger partial charge is 0.416 e. The molecule has 0 aliphatic carbocycles. The van der Waals surface area contributed by atoms with Crippen LogP contribution in [-0.4, -0.2) is 50.0 Å². The minimum atomic E-state index is -4.72. The zero-order valence-electron chi connectivity index (χ0n) is 19.7. The lowest BCUT2D eigenvalue weighted by Gasteiger charge is -2.47. The lowest BCUT2D eigenvalue weighted by Crippen LogP contribution is -2.62. The lowest BCUT2D eigenvalue weighted by molar-refractivity contribution is -0.166. The molecular formula is C24H21ClF4N2O5S. The average molecular weight is 561 g/mol. The fourth-order valence-corrected chi connectivity index (χ4v) is 5.78. The number of oxime groups is 1. The van der Waals surface area contributed by atoms with Gasteiger partial charge in [0.25, 0.3) is 0 Å². The van der Waals surface area contributed by atoms with Crippen molar-refractivity contribution in [1.82, 2.24) is 4.90 Å². The SMILES string of the molecule is CC1(c2cc(C(F)(F)F)cc(Cl)c2F)CC(c2ccc3c(c2)COC32CN(C(=O)CS(C)(=O)=O)C2)=NO1. The Kier molecular flexibility index (Phi) is 5.89. The van der Waals surface area contributed by atoms with E-state index in [4.69, 9.17) is 21.2 Å². The minimum Gasteiger partial charge on any atom is -0.384 e. The van der Waals surface area contributed by atoms with Crippen LogP contribution in [0.15, 0.2) is 35.5 Å². The summed E-state index contributed by atoms with van der Waals surface area (Å²) in [5, 5.41) is 3.38. The quantitative estimate of drug-likeness (QED) is 0.525. The third kappa shape index (κ3) is 4.59. The number of hydrogen-bond acceptors (Lipinski definition) is 6. The number of sulfone groups is 1. The van der Waals surface area contributed by atoms with E-state index in [2.05, 4.69) is 5.16 Å². The van der Waals surface area contributed by atoms with E-state index >= 15 is 0 Å². The number of rotatable bonds is 4. The van der Waals surface area contributed by atoms with Crippen molar-refractivity contribution in [3.8, 4) is 0 Å². The fraction of sp³-hybridized carbons (Fsp3) is 0.417. The van der Waals surface area contributed by atoms with Crippen molar-refractivity contribution in [2.75, 3.05) is 25.1 Å². The van der Waals surface area contributed by atoms with Gasteiger partial charge in [0.15, 0.2) is 15.4 Å². The molecule has 198 valence electrons. The van der Waals surface area contributed by atoms with Gasteiger partial charge in [0.2, 0.25) is 5.91 Å². The second kappa shape index (κ2) is 8.40. The van der Waals surface area contributed by atoms with Gasteiger partial charge < -0.3 is 14.5 Å². The van der Waals surface area contributed by atoms with Crippen LogP contribution >= 0.6 is 11.6 Å². The van der Waals surface area contributed by atoms with Gasteiger partial charge in [0.05, 0.1) is 36.0 Å². The molecule has 37 heavy (non-hydrogen) atoms. The molecule has 0 N–H and O–H groups in total. The summed E-state index contributed by atoms with van der Waals surface area (Å²) in [6.07, 6.45) is -3.72. The fourth-order valence-electron chi connectivity index (χ4n) is 4.93. The standard InChI is InChI=1S/C24H21ClF4N2O5S/c1-22(17-6-15(24(27,28)29)7-18(25)21(17)26)8-19(30-36-22)13-3-4-16-14(5-13)9-35-23(16)11-31(12-23)20(32)10-37(2,33)34/h3-7H,8-12H2,1-2H3. The van der Waals surface area contributed by atoms with E-state index in [9.17, 15) is 30.8 Å². The van der Waals surface area contributed by atoms with Crippen LogP contribution in [-0.2, 0) is 48.2 Å². The summed E-state index contributed by atoms with van der Waals surface area (Å²) < 4.78 is 83.4. The Morgan fingerprint density at radius 1 is 1.19 bits per heavy atom. The van der Waals surface area contributed by atoms with E-state index in [1.54, 1.807) is 6.07 Å². The van der Waals surface area contributed by atoms with E-state index in [1.807, 2.05) is 12.1 Å². The molecule has 1 atom stereocenters. The molecule has 1 saturated heterocycles. The topological polar surface area (TPSA) is 85.3 Å². The maximum atomic E-state index is 14.8. The highest BCUT2D eigenvalue weighted by Gasteiger charge is 2.52. The van der Waals surface area contributed by atoms with Crippen LogP contribution in [0.4, 0.5) is 17.6 Å². The first-order chi connectivity index (χ1) is 17.1. The first kappa shape index (κ1) is 25.9. The summed E-state index contributed by atoms with van der Waals surface area (Å²) in [5.41, 5.74) is -0.921. The minimum absolute atomic E-state index is 0.000116. The summed E-state index contributed by atoms with van der Waals surface area (Å²) in [6.45, 7) is 2.15. The number of carbonyl (C=O) groups is 1. The highest BCUT2D eigenvalue weighted by molar-refractivity contribution is 7.91. The molecule has 1 unspecified atom stereocenters. The molecule has 0 bridgehead atoms. The van der Waals surface area contributed by atoms with Crippen LogP contribution in [0.2, 0.25) is 5.02 Å². The molecule has 7 nitrogen and oxygen atoms in total. The molecule has 3 aliphatic heterocycles. The van der Waals surface area contributed by atoms with Crippen molar-refractivity contribution in [3.05, 3.63) is 69.0 Å². The predicted molar refractivity (Wildman–Crippen MR) is 125 cm³/mol. The van der Waals surface area contributed by atoms with Gasteiger partial charge in [0.1, 0.15) is 17.2 Å². The molecule has 2 aromatic rings. The Balaban J connectivity index is 1.34. The van der Waals surface area contributed by atoms with Gasteiger partial charge in [-0.25, -0.2) is 12.8 Å². The number of nitrogens with zero attached hydrogens (tertiary/aromatic N) is 2. The van der Waals surface area contributed by atoms with Gasteiger partial charge >= 0.3 is 6.18 Å². The van der Waals surface area contributed by atoms with E-state index < -0.39 is 55.3 Å². The number of benzene rings is 2. The normalized spacial score (nSPS) is 22.5. The Morgan fingerprint density at radius 2 is 1.89 bits per heavy atom. The van der Waals surface area contributed by atoms with Crippen molar-refractivity contribution >= 4 is 33.1 Å². The molecule has 13 heteroatoms. The van der Waals surface area contributed by atoms with Crippen LogP contribution in [0, 0.1) is 5.82 Å². The van der Waals surface area contributed by atoms with Crippen molar-refractivity contribution in [3.63, 3.8) is 0 Å². The molecule has 0 saturated carbocycles. The molecule has 2 aromatic carbocycles. The number of amides is 1. The smallest absolute Gasteiger partial charge is 0.384 e. The van der Waals surface area contributed by atoms with Gasteiger partial charge in [-0.3, -0.25) is 4.79 Å². The van der Waals surface area contributed by atoms with Gasteiger partial charge in [-0.2, -0.15) is 13.2 Å². The van der Waals surface area contributed by atoms with E-state index in [-0.39, 0.29) is 31.7 Å². The molecule has 0 radical (unpaired) electrons. The zero-order chi connectivity index (χ0) is 27.0. The Morgan fingerprint density at radius 3 is 2.54 bits per heavy atom. The summed E-state index contributed by atoms with van der Waals surface area (Å²) in [5.74, 6) is -2.05. The van der Waals surface area contributed by atoms with E-state index in [0.717, 1.165) is 17.4 Å². The van der Waals surface area contributed by atoms with Gasteiger partial charge in [0, 0.05) is 18.2 Å². The van der Waals surface area contributed by atoms with Gasteiger partial charge in [-0.05, 0) is 41.8 Å². The van der Waals surface area contributed by atoms with Gasteiger partial charge in [-0.15, -0.1) is 0 Å². The number of fused-ring (bicyclic) bond motifs is 2. The molecule has 1 amide bonds. The molecule has 5 rings (SSSR count). The number of likely N-dealkylation sites (tertiary alicyclic amines) is 1. The van der Waals surface area contributed by atoms with Crippen LogP contribution in [0.5, 0.6) is 0 Å². The van der Waals surface area contributed by atoms with Crippen molar-refractivity contribution in [1.29, 1.82) is 0 Å². The number of halogens is 5. The van der Waals surface area contributed by atoms with Crippen LogP contribution in [0.1, 0.15) is 41.2 Å².